The van der Waals surface area contributed by atoms with Crippen LogP contribution < -0.4 is 10.6 Å². The van der Waals surface area contributed by atoms with Crippen LogP contribution in [-0.4, -0.2) is 28.4 Å². The average molecular weight is 250 g/mol. The van der Waals surface area contributed by atoms with Crippen LogP contribution >= 0.6 is 0 Å². The molecular formula is C11H14N4O3. The van der Waals surface area contributed by atoms with Crippen molar-refractivity contribution in [2.75, 3.05) is 11.9 Å². The first-order valence-corrected chi connectivity index (χ1v) is 5.70. The lowest BCUT2D eigenvalue weighted by Gasteiger charge is -2.06. The third-order valence-electron chi connectivity index (χ3n) is 2.64. The van der Waals surface area contributed by atoms with Crippen molar-refractivity contribution in [3.8, 4) is 0 Å². The quantitative estimate of drug-likeness (QED) is 0.600. The summed E-state index contributed by atoms with van der Waals surface area (Å²) in [4.78, 5) is 25.7. The minimum Gasteiger partial charge on any atom is -0.361 e. The third kappa shape index (κ3) is 3.16. The Bertz CT molecular complexity index is 485. The van der Waals surface area contributed by atoms with Gasteiger partial charge in [0.25, 0.3) is 5.69 Å². The van der Waals surface area contributed by atoms with Gasteiger partial charge in [0.2, 0.25) is 5.91 Å². The highest BCUT2D eigenvalue weighted by molar-refractivity contribution is 5.81. The van der Waals surface area contributed by atoms with E-state index in [-0.39, 0.29) is 18.1 Å². The zero-order valence-electron chi connectivity index (χ0n) is 9.97. The summed E-state index contributed by atoms with van der Waals surface area (Å²) >= 11 is 0. The van der Waals surface area contributed by atoms with Crippen LogP contribution in [0.2, 0.25) is 0 Å². The Morgan fingerprint density at radius 2 is 2.33 bits per heavy atom. The summed E-state index contributed by atoms with van der Waals surface area (Å²) in [5, 5.41) is 16.3. The smallest absolute Gasteiger partial charge is 0.277 e. The number of aryl methyl sites for hydroxylation is 1. The monoisotopic (exact) mass is 250 g/mol. The highest BCUT2D eigenvalue weighted by Gasteiger charge is 2.23. The number of carbonyl (C=O) groups excluding carboxylic acids is 1. The normalized spacial score (nSPS) is 14.1. The number of hydrogen-bond donors (Lipinski definition) is 2. The summed E-state index contributed by atoms with van der Waals surface area (Å²) < 4.78 is 0. The molecule has 1 amide bonds. The minimum absolute atomic E-state index is 0.00454. The van der Waals surface area contributed by atoms with Crippen molar-refractivity contribution in [1.29, 1.82) is 0 Å². The predicted octanol–water partition coefficient (Wildman–Crippen LogP) is 0.989. The summed E-state index contributed by atoms with van der Waals surface area (Å²) in [5.41, 5.74) is 0.489. The number of hydrogen-bond acceptors (Lipinski definition) is 5. The van der Waals surface area contributed by atoms with Gasteiger partial charge in [0, 0.05) is 17.8 Å². The first-order chi connectivity index (χ1) is 8.56. The lowest BCUT2D eigenvalue weighted by Crippen LogP contribution is -2.31. The molecule has 0 radical (unpaired) electrons. The van der Waals surface area contributed by atoms with Gasteiger partial charge in [-0.25, -0.2) is 4.98 Å². The molecule has 7 heteroatoms. The number of pyridine rings is 1. The summed E-state index contributed by atoms with van der Waals surface area (Å²) in [5.74, 6) is 0.209. The Morgan fingerprint density at radius 1 is 1.61 bits per heavy atom. The van der Waals surface area contributed by atoms with Crippen LogP contribution in [0.1, 0.15) is 18.4 Å². The van der Waals surface area contributed by atoms with Crippen LogP contribution in [0.5, 0.6) is 0 Å². The lowest BCUT2D eigenvalue weighted by molar-refractivity contribution is -0.385. The molecule has 0 unspecified atom stereocenters. The Labute approximate surface area is 104 Å². The molecule has 1 heterocycles. The van der Waals surface area contributed by atoms with Gasteiger partial charge in [-0.2, -0.15) is 0 Å². The van der Waals surface area contributed by atoms with Gasteiger partial charge in [0.15, 0.2) is 0 Å². The van der Waals surface area contributed by atoms with Gasteiger partial charge in [0.1, 0.15) is 5.82 Å². The van der Waals surface area contributed by atoms with E-state index in [2.05, 4.69) is 15.6 Å². The van der Waals surface area contributed by atoms with E-state index in [9.17, 15) is 14.9 Å². The molecule has 18 heavy (non-hydrogen) atoms. The van der Waals surface area contributed by atoms with Crippen molar-refractivity contribution < 1.29 is 9.72 Å². The minimum atomic E-state index is -0.466. The molecule has 1 aromatic rings. The number of amides is 1. The second-order valence-corrected chi connectivity index (χ2v) is 4.31. The fourth-order valence-corrected chi connectivity index (χ4v) is 1.48. The molecule has 7 nitrogen and oxygen atoms in total. The second-order valence-electron chi connectivity index (χ2n) is 4.31. The number of nitrogens with one attached hydrogen (secondary N) is 2. The standard InChI is InChI=1S/C11H14N4O3/c1-7-5-12-10(4-9(7)15(17)18)13-6-11(16)14-8-2-3-8/h4-5,8H,2-3,6H2,1H3,(H,12,13)(H,14,16). The first kappa shape index (κ1) is 12.3. The summed E-state index contributed by atoms with van der Waals surface area (Å²) in [6.07, 6.45) is 3.47. The number of nitrogens with zero attached hydrogens (tertiary/aromatic N) is 2. The average Bonchev–Trinajstić information content (AvgIpc) is 3.11. The molecule has 1 aromatic heterocycles. The fraction of sp³-hybridized carbons (Fsp3) is 0.455. The predicted molar refractivity (Wildman–Crippen MR) is 65.3 cm³/mol. The van der Waals surface area contributed by atoms with Crippen LogP contribution in [0.25, 0.3) is 0 Å². The van der Waals surface area contributed by atoms with Crippen molar-refractivity contribution >= 4 is 17.4 Å². The van der Waals surface area contributed by atoms with Crippen LogP contribution in [0.15, 0.2) is 12.3 Å². The molecule has 0 bridgehead atoms. The Hall–Kier alpha value is -2.18. The topological polar surface area (TPSA) is 97.2 Å². The highest BCUT2D eigenvalue weighted by Crippen LogP contribution is 2.20. The Morgan fingerprint density at radius 3 is 2.94 bits per heavy atom. The summed E-state index contributed by atoms with van der Waals surface area (Å²) in [6, 6.07) is 1.64. The maximum Gasteiger partial charge on any atom is 0.277 e. The molecule has 1 saturated carbocycles. The number of nitro groups is 1. The molecule has 0 aliphatic heterocycles. The second kappa shape index (κ2) is 4.99. The van der Waals surface area contributed by atoms with Crippen molar-refractivity contribution in [1.82, 2.24) is 10.3 Å². The lowest BCUT2D eigenvalue weighted by atomic mass is 10.2. The van der Waals surface area contributed by atoms with Crippen molar-refractivity contribution in [3.05, 3.63) is 27.9 Å². The van der Waals surface area contributed by atoms with Gasteiger partial charge < -0.3 is 10.6 Å². The number of anilines is 1. The molecule has 2 N–H and O–H groups in total. The van der Waals surface area contributed by atoms with E-state index in [0.717, 1.165) is 12.8 Å². The van der Waals surface area contributed by atoms with Gasteiger partial charge >= 0.3 is 0 Å². The van der Waals surface area contributed by atoms with Gasteiger partial charge in [-0.15, -0.1) is 0 Å². The first-order valence-electron chi connectivity index (χ1n) is 5.70. The van der Waals surface area contributed by atoms with Crippen LogP contribution in [0.3, 0.4) is 0 Å². The molecule has 1 aliphatic carbocycles. The number of rotatable bonds is 5. The molecule has 1 aliphatic rings. The van der Waals surface area contributed by atoms with E-state index < -0.39 is 4.92 Å². The van der Waals surface area contributed by atoms with E-state index in [1.807, 2.05) is 0 Å². The molecular weight excluding hydrogens is 236 g/mol. The molecule has 0 saturated heterocycles. The van der Waals surface area contributed by atoms with E-state index in [1.54, 1.807) is 6.92 Å². The maximum absolute atomic E-state index is 11.4. The molecule has 96 valence electrons. The van der Waals surface area contributed by atoms with E-state index >= 15 is 0 Å². The molecule has 0 atom stereocenters. The largest absolute Gasteiger partial charge is 0.361 e. The van der Waals surface area contributed by atoms with Gasteiger partial charge in [-0.3, -0.25) is 14.9 Å². The summed E-state index contributed by atoms with van der Waals surface area (Å²) in [6.45, 7) is 1.69. The van der Waals surface area contributed by atoms with E-state index in [4.69, 9.17) is 0 Å². The molecule has 1 fully saturated rings. The highest BCUT2D eigenvalue weighted by atomic mass is 16.6. The van der Waals surface area contributed by atoms with E-state index in [0.29, 0.717) is 17.4 Å². The number of carbonyl (C=O) groups is 1. The van der Waals surface area contributed by atoms with Crippen LogP contribution in [0.4, 0.5) is 11.5 Å². The number of aromatic nitrogens is 1. The van der Waals surface area contributed by atoms with Crippen molar-refractivity contribution in [2.45, 2.75) is 25.8 Å². The van der Waals surface area contributed by atoms with Crippen LogP contribution in [-0.2, 0) is 4.79 Å². The SMILES string of the molecule is Cc1cnc(NCC(=O)NC2CC2)cc1[N+](=O)[O-]. The van der Waals surface area contributed by atoms with Crippen molar-refractivity contribution in [3.63, 3.8) is 0 Å². The fourth-order valence-electron chi connectivity index (χ4n) is 1.48. The van der Waals surface area contributed by atoms with Crippen LogP contribution in [0, 0.1) is 17.0 Å². The Balaban J connectivity index is 1.94. The zero-order valence-corrected chi connectivity index (χ0v) is 9.97. The third-order valence-corrected chi connectivity index (χ3v) is 2.64. The maximum atomic E-state index is 11.4. The molecule has 0 spiro atoms. The van der Waals surface area contributed by atoms with E-state index in [1.165, 1.54) is 12.3 Å². The van der Waals surface area contributed by atoms with Gasteiger partial charge in [-0.05, 0) is 19.8 Å². The molecule has 2 rings (SSSR count). The molecule has 0 aromatic carbocycles. The Kier molecular flexibility index (Phi) is 3.40. The van der Waals surface area contributed by atoms with Gasteiger partial charge in [-0.1, -0.05) is 0 Å². The van der Waals surface area contributed by atoms with Crippen molar-refractivity contribution in [2.24, 2.45) is 0 Å². The summed E-state index contributed by atoms with van der Waals surface area (Å²) in [7, 11) is 0. The van der Waals surface area contributed by atoms with Gasteiger partial charge in [0.05, 0.1) is 17.5 Å². The zero-order chi connectivity index (χ0) is 13.1.